The molecule has 1 aliphatic heterocycles. The van der Waals surface area contributed by atoms with Crippen molar-refractivity contribution >= 4 is 23.2 Å². The molecule has 118 valence electrons. The molecule has 0 unspecified atom stereocenters. The van der Waals surface area contributed by atoms with Gasteiger partial charge in [0.1, 0.15) is 5.56 Å². The molecule has 2 heterocycles. The van der Waals surface area contributed by atoms with Crippen molar-refractivity contribution in [3.63, 3.8) is 0 Å². The van der Waals surface area contributed by atoms with Crippen LogP contribution in [0.3, 0.4) is 0 Å². The minimum absolute atomic E-state index is 0.0372. The summed E-state index contributed by atoms with van der Waals surface area (Å²) in [5.41, 5.74) is 3.47. The van der Waals surface area contributed by atoms with Gasteiger partial charge in [0.15, 0.2) is 0 Å². The fourth-order valence-electron chi connectivity index (χ4n) is 2.46. The summed E-state index contributed by atoms with van der Waals surface area (Å²) in [7, 11) is 0. The summed E-state index contributed by atoms with van der Waals surface area (Å²) in [6.45, 7) is 4.12. The van der Waals surface area contributed by atoms with Crippen molar-refractivity contribution in [1.82, 2.24) is 4.98 Å². The molecule has 0 aliphatic carbocycles. The molecule has 1 aliphatic rings. The van der Waals surface area contributed by atoms with Crippen molar-refractivity contribution in [2.24, 2.45) is 0 Å². The van der Waals surface area contributed by atoms with E-state index in [0.717, 1.165) is 16.9 Å². The molecule has 6 nitrogen and oxygen atoms in total. The number of fused-ring (bicyclic) bond motifs is 1. The summed E-state index contributed by atoms with van der Waals surface area (Å²) in [4.78, 5) is 28.1. The lowest BCUT2D eigenvalue weighted by atomic mass is 10.1. The lowest BCUT2D eigenvalue weighted by Crippen LogP contribution is -2.15. The third kappa shape index (κ3) is 3.15. The van der Waals surface area contributed by atoms with Crippen LogP contribution in [0.15, 0.2) is 30.3 Å². The van der Waals surface area contributed by atoms with E-state index in [1.54, 1.807) is 30.3 Å². The highest BCUT2D eigenvalue weighted by molar-refractivity contribution is 6.06. The first-order chi connectivity index (χ1) is 11.1. The van der Waals surface area contributed by atoms with Gasteiger partial charge in [-0.15, -0.1) is 0 Å². The first kappa shape index (κ1) is 15.0. The van der Waals surface area contributed by atoms with Crippen LogP contribution < -0.4 is 15.4 Å². The number of carbonyl (C=O) groups is 2. The predicted octanol–water partition coefficient (Wildman–Crippen LogP) is 2.54. The van der Waals surface area contributed by atoms with Crippen LogP contribution in [-0.4, -0.2) is 23.4 Å². The Labute approximate surface area is 133 Å². The molecule has 2 N–H and O–H groups in total. The predicted molar refractivity (Wildman–Crippen MR) is 86.9 cm³/mol. The van der Waals surface area contributed by atoms with Gasteiger partial charge in [0.25, 0.3) is 5.91 Å². The summed E-state index contributed by atoms with van der Waals surface area (Å²) < 4.78 is 5.44. The Hall–Kier alpha value is -2.89. The number of amides is 2. The van der Waals surface area contributed by atoms with Gasteiger partial charge in [-0.2, -0.15) is 0 Å². The van der Waals surface area contributed by atoms with Crippen LogP contribution in [0.4, 0.5) is 11.4 Å². The number of carbonyl (C=O) groups excluding carboxylic acids is 2. The highest BCUT2D eigenvalue weighted by Crippen LogP contribution is 2.26. The Morgan fingerprint density at radius 3 is 2.96 bits per heavy atom. The molecule has 23 heavy (non-hydrogen) atoms. The Bertz CT molecular complexity index is 787. The van der Waals surface area contributed by atoms with Gasteiger partial charge in [0.2, 0.25) is 11.8 Å². The Morgan fingerprint density at radius 1 is 1.35 bits per heavy atom. The third-order valence-electron chi connectivity index (χ3n) is 3.51. The monoisotopic (exact) mass is 311 g/mol. The van der Waals surface area contributed by atoms with Crippen LogP contribution in [0.1, 0.15) is 28.5 Å². The number of pyridine rings is 1. The molecular formula is C17H17N3O3. The van der Waals surface area contributed by atoms with Crippen LogP contribution in [0.2, 0.25) is 0 Å². The summed E-state index contributed by atoms with van der Waals surface area (Å²) in [6, 6.07) is 8.80. The zero-order chi connectivity index (χ0) is 16.4. The lowest BCUT2D eigenvalue weighted by Gasteiger charge is -2.11. The average Bonchev–Trinajstić information content (AvgIpc) is 2.87. The van der Waals surface area contributed by atoms with Gasteiger partial charge >= 0.3 is 0 Å². The molecule has 0 saturated heterocycles. The van der Waals surface area contributed by atoms with E-state index in [-0.39, 0.29) is 11.8 Å². The smallest absolute Gasteiger partial charge is 0.261 e. The molecule has 1 aromatic heterocycles. The number of ether oxygens (including phenoxy) is 1. The first-order valence-electron chi connectivity index (χ1n) is 7.41. The molecule has 0 fully saturated rings. The number of nitrogens with one attached hydrogen (secondary N) is 2. The largest absolute Gasteiger partial charge is 0.477 e. The zero-order valence-electron chi connectivity index (χ0n) is 13.0. The number of aryl methyl sites for hydroxylation is 1. The van der Waals surface area contributed by atoms with Crippen molar-refractivity contribution < 1.29 is 14.3 Å². The van der Waals surface area contributed by atoms with E-state index in [1.165, 1.54) is 0 Å². The van der Waals surface area contributed by atoms with Crippen LogP contribution in [-0.2, 0) is 11.2 Å². The second-order valence-corrected chi connectivity index (χ2v) is 5.29. The van der Waals surface area contributed by atoms with Crippen LogP contribution in [0.25, 0.3) is 0 Å². The van der Waals surface area contributed by atoms with E-state index in [9.17, 15) is 9.59 Å². The summed E-state index contributed by atoms with van der Waals surface area (Å²) in [5, 5.41) is 5.58. The van der Waals surface area contributed by atoms with Gasteiger partial charge in [0, 0.05) is 17.1 Å². The number of hydrogen-bond acceptors (Lipinski definition) is 4. The number of anilines is 2. The number of rotatable bonds is 4. The van der Waals surface area contributed by atoms with Crippen molar-refractivity contribution in [3.05, 3.63) is 47.2 Å². The SMILES string of the molecule is CCOc1nc(C)ccc1C(=O)Nc1ccc2c(c1)CC(=O)N2. The summed E-state index contributed by atoms with van der Waals surface area (Å²) >= 11 is 0. The van der Waals surface area contributed by atoms with E-state index in [4.69, 9.17) is 4.74 Å². The molecule has 0 saturated carbocycles. The standard InChI is InChI=1S/C17H17N3O3/c1-3-23-17-13(6-4-10(2)18-17)16(22)19-12-5-7-14-11(8-12)9-15(21)20-14/h4-8H,3,9H2,1-2H3,(H,19,22)(H,20,21). The summed E-state index contributed by atoms with van der Waals surface area (Å²) in [6.07, 6.45) is 0.329. The van der Waals surface area contributed by atoms with E-state index < -0.39 is 0 Å². The van der Waals surface area contributed by atoms with Crippen LogP contribution >= 0.6 is 0 Å². The molecular weight excluding hydrogens is 294 g/mol. The molecule has 3 rings (SSSR count). The van der Waals surface area contributed by atoms with Crippen molar-refractivity contribution in [2.75, 3.05) is 17.2 Å². The normalized spacial score (nSPS) is 12.5. The number of nitrogens with zero attached hydrogens (tertiary/aromatic N) is 1. The number of benzene rings is 1. The molecule has 2 aromatic rings. The minimum atomic E-state index is -0.293. The molecule has 0 atom stereocenters. The highest BCUT2D eigenvalue weighted by atomic mass is 16.5. The first-order valence-corrected chi connectivity index (χ1v) is 7.41. The highest BCUT2D eigenvalue weighted by Gasteiger charge is 2.19. The molecule has 0 radical (unpaired) electrons. The van der Waals surface area contributed by atoms with E-state index >= 15 is 0 Å². The van der Waals surface area contributed by atoms with Crippen LogP contribution in [0.5, 0.6) is 5.88 Å². The van der Waals surface area contributed by atoms with Crippen molar-refractivity contribution in [2.45, 2.75) is 20.3 Å². The molecule has 2 amide bonds. The maximum absolute atomic E-state index is 12.5. The van der Waals surface area contributed by atoms with Gasteiger partial charge in [-0.1, -0.05) is 0 Å². The second kappa shape index (κ2) is 6.08. The molecule has 0 spiro atoms. The topological polar surface area (TPSA) is 80.3 Å². The number of hydrogen-bond donors (Lipinski definition) is 2. The number of aromatic nitrogens is 1. The quantitative estimate of drug-likeness (QED) is 0.909. The van der Waals surface area contributed by atoms with Crippen molar-refractivity contribution in [1.29, 1.82) is 0 Å². The maximum atomic E-state index is 12.5. The van der Waals surface area contributed by atoms with E-state index in [2.05, 4.69) is 15.6 Å². The Kier molecular flexibility index (Phi) is 3.97. The second-order valence-electron chi connectivity index (χ2n) is 5.29. The zero-order valence-corrected chi connectivity index (χ0v) is 13.0. The third-order valence-corrected chi connectivity index (χ3v) is 3.51. The van der Waals surface area contributed by atoms with Gasteiger partial charge < -0.3 is 15.4 Å². The van der Waals surface area contributed by atoms with E-state index in [0.29, 0.717) is 30.2 Å². The van der Waals surface area contributed by atoms with Gasteiger partial charge in [0.05, 0.1) is 13.0 Å². The van der Waals surface area contributed by atoms with Gasteiger partial charge in [-0.3, -0.25) is 9.59 Å². The minimum Gasteiger partial charge on any atom is -0.477 e. The fourth-order valence-corrected chi connectivity index (χ4v) is 2.46. The van der Waals surface area contributed by atoms with Gasteiger partial charge in [-0.05, 0) is 49.7 Å². The molecule has 1 aromatic carbocycles. The van der Waals surface area contributed by atoms with Gasteiger partial charge in [-0.25, -0.2) is 4.98 Å². The molecule has 0 bridgehead atoms. The molecule has 6 heteroatoms. The Morgan fingerprint density at radius 2 is 2.17 bits per heavy atom. The van der Waals surface area contributed by atoms with Crippen molar-refractivity contribution in [3.8, 4) is 5.88 Å². The average molecular weight is 311 g/mol. The fraction of sp³-hybridized carbons (Fsp3) is 0.235. The Balaban J connectivity index is 1.83. The van der Waals surface area contributed by atoms with Crippen LogP contribution in [0, 0.1) is 6.92 Å². The maximum Gasteiger partial charge on any atom is 0.261 e. The lowest BCUT2D eigenvalue weighted by molar-refractivity contribution is -0.115. The summed E-state index contributed by atoms with van der Waals surface area (Å²) in [5.74, 6) is -0.00831. The van der Waals surface area contributed by atoms with E-state index in [1.807, 2.05) is 13.8 Å².